The number of fused-ring (bicyclic) bond motifs is 1. The molecule has 0 spiro atoms. The summed E-state index contributed by atoms with van der Waals surface area (Å²) < 4.78 is 12.2. The number of aliphatic imine (C=N–C) groups is 1. The van der Waals surface area contributed by atoms with Gasteiger partial charge in [0.15, 0.2) is 0 Å². The molecule has 1 heterocycles. The van der Waals surface area contributed by atoms with E-state index in [1.807, 2.05) is 18.2 Å². The van der Waals surface area contributed by atoms with Crippen LogP contribution in [0.2, 0.25) is 0 Å². The van der Waals surface area contributed by atoms with Crippen molar-refractivity contribution in [2.45, 2.75) is 58.5 Å². The Kier molecular flexibility index (Phi) is 8.57. The van der Waals surface area contributed by atoms with Crippen molar-refractivity contribution in [1.29, 1.82) is 0 Å². The number of hydrogen-bond acceptors (Lipinski definition) is 4. The zero-order valence-electron chi connectivity index (χ0n) is 22.4. The van der Waals surface area contributed by atoms with Gasteiger partial charge in [0.05, 0.1) is 18.0 Å². The van der Waals surface area contributed by atoms with Gasteiger partial charge in [0.2, 0.25) is 0 Å². The number of ether oxygens (including phenoxy) is 2. The van der Waals surface area contributed by atoms with E-state index in [9.17, 15) is 0 Å². The predicted molar refractivity (Wildman–Crippen MR) is 152 cm³/mol. The van der Waals surface area contributed by atoms with E-state index in [2.05, 4.69) is 73.3 Å². The second-order valence-corrected chi connectivity index (χ2v) is 10.3. The molecule has 5 rings (SSSR count). The molecule has 0 aromatic heterocycles. The topological polar surface area (TPSA) is 34.1 Å². The van der Waals surface area contributed by atoms with Crippen LogP contribution in [0.5, 0.6) is 11.5 Å². The van der Waals surface area contributed by atoms with E-state index >= 15 is 0 Å². The molecule has 1 aliphatic heterocycles. The molecule has 2 aliphatic rings. The van der Waals surface area contributed by atoms with Crippen molar-refractivity contribution in [3.8, 4) is 11.5 Å². The zero-order chi connectivity index (χ0) is 25.5. The summed E-state index contributed by atoms with van der Waals surface area (Å²) in [6.07, 6.45) is 6.23. The SMILES string of the molecule is CCN(CC)CCCOc1ccc2c(c1)C(C1CCCC1)C(c1ccc(OCc3ccccc3)cc1)=N2. The molecule has 0 saturated heterocycles. The van der Waals surface area contributed by atoms with Gasteiger partial charge in [-0.3, -0.25) is 4.99 Å². The largest absolute Gasteiger partial charge is 0.494 e. The van der Waals surface area contributed by atoms with Crippen LogP contribution in [-0.4, -0.2) is 36.9 Å². The van der Waals surface area contributed by atoms with Crippen LogP contribution >= 0.6 is 0 Å². The Morgan fingerprint density at radius 2 is 1.57 bits per heavy atom. The highest BCUT2D eigenvalue weighted by molar-refractivity contribution is 6.10. The van der Waals surface area contributed by atoms with Crippen molar-refractivity contribution in [1.82, 2.24) is 4.90 Å². The van der Waals surface area contributed by atoms with Gasteiger partial charge in [-0.2, -0.15) is 0 Å². The van der Waals surface area contributed by atoms with Crippen molar-refractivity contribution < 1.29 is 9.47 Å². The summed E-state index contributed by atoms with van der Waals surface area (Å²) in [6.45, 7) is 9.04. The lowest BCUT2D eigenvalue weighted by Gasteiger charge is -2.22. The first-order valence-corrected chi connectivity index (χ1v) is 14.1. The fraction of sp³-hybridized carbons (Fsp3) is 0.424. The van der Waals surface area contributed by atoms with Gasteiger partial charge in [0.25, 0.3) is 0 Å². The lowest BCUT2D eigenvalue weighted by atomic mass is 9.80. The van der Waals surface area contributed by atoms with Crippen LogP contribution in [0.25, 0.3) is 0 Å². The maximum absolute atomic E-state index is 6.21. The van der Waals surface area contributed by atoms with Gasteiger partial charge in [-0.25, -0.2) is 0 Å². The molecule has 4 nitrogen and oxygen atoms in total. The highest BCUT2D eigenvalue weighted by Crippen LogP contribution is 2.48. The summed E-state index contributed by atoms with van der Waals surface area (Å²) in [5.41, 5.74) is 6.02. The van der Waals surface area contributed by atoms with Crippen LogP contribution in [0.3, 0.4) is 0 Å². The van der Waals surface area contributed by atoms with Gasteiger partial charge in [-0.1, -0.05) is 57.0 Å². The Morgan fingerprint density at radius 3 is 2.30 bits per heavy atom. The molecule has 0 N–H and O–H groups in total. The Hall–Kier alpha value is -3.11. The summed E-state index contributed by atoms with van der Waals surface area (Å²) in [4.78, 5) is 7.61. The van der Waals surface area contributed by atoms with E-state index in [0.717, 1.165) is 49.8 Å². The monoisotopic (exact) mass is 496 g/mol. The molecule has 0 radical (unpaired) electrons. The van der Waals surface area contributed by atoms with Gasteiger partial charge < -0.3 is 14.4 Å². The van der Waals surface area contributed by atoms with Gasteiger partial charge in [0.1, 0.15) is 18.1 Å². The molecular formula is C33H40N2O2. The van der Waals surface area contributed by atoms with Crippen molar-refractivity contribution in [3.05, 3.63) is 89.5 Å². The Morgan fingerprint density at radius 1 is 0.838 bits per heavy atom. The lowest BCUT2D eigenvalue weighted by molar-refractivity contribution is 0.249. The second kappa shape index (κ2) is 12.4. The Bertz CT molecular complexity index is 1160. The molecule has 3 aromatic rings. The van der Waals surface area contributed by atoms with E-state index in [4.69, 9.17) is 14.5 Å². The average Bonchev–Trinajstić information content (AvgIpc) is 3.61. The molecule has 1 saturated carbocycles. The fourth-order valence-corrected chi connectivity index (χ4v) is 5.81. The van der Waals surface area contributed by atoms with Crippen LogP contribution in [0.1, 0.15) is 68.6 Å². The molecule has 4 heteroatoms. The first kappa shape index (κ1) is 25.5. The zero-order valence-corrected chi connectivity index (χ0v) is 22.4. The van der Waals surface area contributed by atoms with E-state index in [0.29, 0.717) is 18.4 Å². The van der Waals surface area contributed by atoms with E-state index < -0.39 is 0 Å². The van der Waals surface area contributed by atoms with Gasteiger partial charge in [-0.15, -0.1) is 0 Å². The van der Waals surface area contributed by atoms with Crippen LogP contribution in [0.15, 0.2) is 77.8 Å². The number of rotatable bonds is 12. The highest BCUT2D eigenvalue weighted by Gasteiger charge is 2.36. The number of nitrogens with zero attached hydrogens (tertiary/aromatic N) is 2. The van der Waals surface area contributed by atoms with Crippen molar-refractivity contribution in [2.24, 2.45) is 10.9 Å². The summed E-state index contributed by atoms with van der Waals surface area (Å²) in [6, 6.07) is 25.3. The fourth-order valence-electron chi connectivity index (χ4n) is 5.81. The molecular weight excluding hydrogens is 456 g/mol. The lowest BCUT2D eigenvalue weighted by Crippen LogP contribution is -2.25. The summed E-state index contributed by atoms with van der Waals surface area (Å²) in [5, 5.41) is 0. The summed E-state index contributed by atoms with van der Waals surface area (Å²) in [5.74, 6) is 2.85. The molecule has 3 aromatic carbocycles. The molecule has 0 amide bonds. The van der Waals surface area contributed by atoms with Crippen LogP contribution < -0.4 is 9.47 Å². The van der Waals surface area contributed by atoms with Gasteiger partial charge >= 0.3 is 0 Å². The van der Waals surface area contributed by atoms with Crippen molar-refractivity contribution >= 4 is 11.4 Å². The highest BCUT2D eigenvalue weighted by atomic mass is 16.5. The summed E-state index contributed by atoms with van der Waals surface area (Å²) >= 11 is 0. The molecule has 1 aliphatic carbocycles. The quantitative estimate of drug-likeness (QED) is 0.240. The molecule has 1 unspecified atom stereocenters. The van der Waals surface area contributed by atoms with E-state index in [-0.39, 0.29) is 0 Å². The Balaban J connectivity index is 1.28. The molecule has 0 bridgehead atoms. The maximum atomic E-state index is 6.21. The second-order valence-electron chi connectivity index (χ2n) is 10.3. The van der Waals surface area contributed by atoms with Crippen LogP contribution in [0.4, 0.5) is 5.69 Å². The Labute approximate surface area is 222 Å². The normalized spacial score (nSPS) is 17.2. The van der Waals surface area contributed by atoms with Crippen LogP contribution in [0, 0.1) is 5.92 Å². The third-order valence-electron chi connectivity index (χ3n) is 7.92. The minimum Gasteiger partial charge on any atom is -0.494 e. The van der Waals surface area contributed by atoms with E-state index in [1.165, 1.54) is 48.1 Å². The third kappa shape index (κ3) is 6.24. The molecule has 1 atom stereocenters. The van der Waals surface area contributed by atoms with Crippen LogP contribution in [-0.2, 0) is 6.61 Å². The molecule has 194 valence electrons. The third-order valence-corrected chi connectivity index (χ3v) is 7.92. The predicted octanol–water partition coefficient (Wildman–Crippen LogP) is 7.78. The van der Waals surface area contributed by atoms with Crippen molar-refractivity contribution in [3.63, 3.8) is 0 Å². The minimum absolute atomic E-state index is 0.341. The molecule has 37 heavy (non-hydrogen) atoms. The first-order chi connectivity index (χ1) is 18.2. The first-order valence-electron chi connectivity index (χ1n) is 14.1. The smallest absolute Gasteiger partial charge is 0.119 e. The van der Waals surface area contributed by atoms with Crippen molar-refractivity contribution in [2.75, 3.05) is 26.2 Å². The average molecular weight is 497 g/mol. The standard InChI is InChI=1S/C33H40N2O2/c1-3-35(4-2)21-10-22-36-29-19-20-31-30(23-29)32(26-13-8-9-14-26)33(34-31)27-15-17-28(18-16-27)37-24-25-11-6-5-7-12-25/h5-7,11-12,15-20,23,26,32H,3-4,8-10,13-14,21-22,24H2,1-2H3. The number of benzene rings is 3. The van der Waals surface area contributed by atoms with Gasteiger partial charge in [-0.05, 0) is 97.4 Å². The van der Waals surface area contributed by atoms with Gasteiger partial charge in [0, 0.05) is 12.5 Å². The maximum Gasteiger partial charge on any atom is 0.119 e. The number of hydrogen-bond donors (Lipinski definition) is 0. The molecule has 1 fully saturated rings. The van der Waals surface area contributed by atoms with E-state index in [1.54, 1.807) is 0 Å². The minimum atomic E-state index is 0.341. The summed E-state index contributed by atoms with van der Waals surface area (Å²) in [7, 11) is 0.